The molecule has 14 heavy (non-hydrogen) atoms. The molecule has 1 atom stereocenters. The van der Waals surface area contributed by atoms with Crippen molar-refractivity contribution in [2.24, 2.45) is 5.92 Å². The Morgan fingerprint density at radius 2 is 1.43 bits per heavy atom. The van der Waals surface area contributed by atoms with Crippen LogP contribution in [0, 0.1) is 5.92 Å². The molecule has 1 N–H and O–H groups in total. The first kappa shape index (κ1) is 10.4. The molecule has 0 radical (unpaired) electrons. The van der Waals surface area contributed by atoms with E-state index in [1.165, 1.54) is 57.8 Å². The van der Waals surface area contributed by atoms with E-state index in [1.54, 1.807) is 0 Å². The fourth-order valence-corrected chi connectivity index (χ4v) is 2.81. The van der Waals surface area contributed by atoms with Gasteiger partial charge in [-0.1, -0.05) is 38.5 Å². The summed E-state index contributed by atoms with van der Waals surface area (Å²) in [5.41, 5.74) is 3.19. The third-order valence-electron chi connectivity index (χ3n) is 3.73. The van der Waals surface area contributed by atoms with Gasteiger partial charge in [0.05, 0.1) is 6.61 Å². The lowest BCUT2D eigenvalue weighted by Crippen LogP contribution is -2.29. The minimum absolute atomic E-state index is 0.660. The molecule has 2 fully saturated rings. The van der Waals surface area contributed by atoms with Crippen LogP contribution in [0.15, 0.2) is 0 Å². The summed E-state index contributed by atoms with van der Waals surface area (Å²) in [6.45, 7) is 0.918. The Bertz CT molecular complexity index is 144. The lowest BCUT2D eigenvalue weighted by Gasteiger charge is -2.21. The maximum atomic E-state index is 5.26. The van der Waals surface area contributed by atoms with Crippen molar-refractivity contribution in [3.63, 3.8) is 0 Å². The molecule has 2 rings (SSSR count). The lowest BCUT2D eigenvalue weighted by molar-refractivity contribution is 0.0749. The van der Waals surface area contributed by atoms with Crippen molar-refractivity contribution in [2.75, 3.05) is 6.61 Å². The summed E-state index contributed by atoms with van der Waals surface area (Å²) >= 11 is 0. The van der Waals surface area contributed by atoms with E-state index < -0.39 is 0 Å². The van der Waals surface area contributed by atoms with Crippen LogP contribution in [0.5, 0.6) is 0 Å². The first-order chi connectivity index (χ1) is 6.97. The smallest absolute Gasteiger partial charge is 0.0698 e. The average Bonchev–Trinajstić information content (AvgIpc) is 2.75. The second-order valence-electron chi connectivity index (χ2n) is 4.82. The molecule has 1 saturated carbocycles. The number of rotatable bonds is 1. The van der Waals surface area contributed by atoms with Gasteiger partial charge in [-0.25, -0.2) is 0 Å². The van der Waals surface area contributed by atoms with E-state index >= 15 is 0 Å². The van der Waals surface area contributed by atoms with E-state index in [2.05, 4.69) is 5.48 Å². The SMILES string of the molecule is C1CCCCC(C2CCON2)CCC1. The van der Waals surface area contributed by atoms with Crippen LogP contribution in [-0.4, -0.2) is 12.6 Å². The molecule has 0 bridgehead atoms. The van der Waals surface area contributed by atoms with Gasteiger partial charge in [0.25, 0.3) is 0 Å². The van der Waals surface area contributed by atoms with Gasteiger partial charge in [0.2, 0.25) is 0 Å². The summed E-state index contributed by atoms with van der Waals surface area (Å²) in [4.78, 5) is 5.26. The van der Waals surface area contributed by atoms with Gasteiger partial charge in [0.1, 0.15) is 0 Å². The van der Waals surface area contributed by atoms with Crippen LogP contribution in [0.2, 0.25) is 0 Å². The molecule has 0 aromatic heterocycles. The largest absolute Gasteiger partial charge is 0.301 e. The standard InChI is InChI=1S/C12H23NO/c1-2-4-6-8-11(7-5-3-1)12-9-10-14-13-12/h11-13H,1-10H2. The maximum Gasteiger partial charge on any atom is 0.0698 e. The summed E-state index contributed by atoms with van der Waals surface area (Å²) in [5, 5.41) is 0. The Balaban J connectivity index is 1.80. The van der Waals surface area contributed by atoms with Crippen molar-refractivity contribution in [3.05, 3.63) is 0 Å². The molecule has 1 aliphatic carbocycles. The molecule has 1 saturated heterocycles. The Morgan fingerprint density at radius 3 is 2.00 bits per heavy atom. The molecule has 1 aliphatic heterocycles. The lowest BCUT2D eigenvalue weighted by atomic mass is 9.89. The van der Waals surface area contributed by atoms with E-state index in [9.17, 15) is 0 Å². The third kappa shape index (κ3) is 2.96. The summed E-state index contributed by atoms with van der Waals surface area (Å²) in [5.74, 6) is 0.885. The molecular formula is C12H23NO. The third-order valence-corrected chi connectivity index (χ3v) is 3.73. The number of hydrogen-bond acceptors (Lipinski definition) is 2. The summed E-state index contributed by atoms with van der Waals surface area (Å²) < 4.78 is 0. The van der Waals surface area contributed by atoms with Crippen molar-refractivity contribution >= 4 is 0 Å². The predicted molar refractivity (Wildman–Crippen MR) is 57.9 cm³/mol. The molecule has 0 aromatic carbocycles. The fourth-order valence-electron chi connectivity index (χ4n) is 2.81. The van der Waals surface area contributed by atoms with Crippen molar-refractivity contribution in [2.45, 2.75) is 63.8 Å². The van der Waals surface area contributed by atoms with Gasteiger partial charge in [-0.3, -0.25) is 0 Å². The van der Waals surface area contributed by atoms with Gasteiger partial charge in [-0.15, -0.1) is 0 Å². The molecule has 0 aromatic rings. The van der Waals surface area contributed by atoms with Crippen molar-refractivity contribution < 1.29 is 4.84 Å². The van der Waals surface area contributed by atoms with E-state index in [0.717, 1.165) is 12.5 Å². The first-order valence-electron chi connectivity index (χ1n) is 6.34. The Hall–Kier alpha value is -0.0800. The molecule has 2 heteroatoms. The molecule has 1 unspecified atom stereocenters. The second-order valence-corrected chi connectivity index (χ2v) is 4.82. The van der Waals surface area contributed by atoms with Gasteiger partial charge < -0.3 is 4.84 Å². The van der Waals surface area contributed by atoms with Gasteiger partial charge in [-0.2, -0.15) is 5.48 Å². The van der Waals surface area contributed by atoms with Crippen molar-refractivity contribution in [3.8, 4) is 0 Å². The van der Waals surface area contributed by atoms with Gasteiger partial charge in [0, 0.05) is 6.04 Å². The monoisotopic (exact) mass is 197 g/mol. The van der Waals surface area contributed by atoms with Crippen LogP contribution in [0.4, 0.5) is 0 Å². The molecular weight excluding hydrogens is 174 g/mol. The van der Waals surface area contributed by atoms with E-state index in [-0.39, 0.29) is 0 Å². The highest BCUT2D eigenvalue weighted by Crippen LogP contribution is 2.27. The van der Waals surface area contributed by atoms with Crippen LogP contribution in [0.3, 0.4) is 0 Å². The topological polar surface area (TPSA) is 21.3 Å². The van der Waals surface area contributed by atoms with Crippen LogP contribution in [-0.2, 0) is 4.84 Å². The number of hydroxylamine groups is 1. The summed E-state index contributed by atoms with van der Waals surface area (Å²) in [6, 6.07) is 0.660. The fraction of sp³-hybridized carbons (Fsp3) is 1.00. The number of hydrogen-bond donors (Lipinski definition) is 1. The summed E-state index contributed by atoms with van der Waals surface area (Å²) in [6.07, 6.45) is 12.7. The Labute approximate surface area is 87.4 Å². The van der Waals surface area contributed by atoms with E-state index in [1.807, 2.05) is 0 Å². The summed E-state index contributed by atoms with van der Waals surface area (Å²) in [7, 11) is 0. The predicted octanol–water partition coefficient (Wildman–Crippen LogP) is 3.03. The van der Waals surface area contributed by atoms with Gasteiger partial charge in [0.15, 0.2) is 0 Å². The minimum Gasteiger partial charge on any atom is -0.301 e. The van der Waals surface area contributed by atoms with E-state index in [4.69, 9.17) is 4.84 Å². The molecule has 2 nitrogen and oxygen atoms in total. The molecule has 2 aliphatic rings. The van der Waals surface area contributed by atoms with E-state index in [0.29, 0.717) is 6.04 Å². The Kier molecular flexibility index (Phi) is 4.26. The van der Waals surface area contributed by atoms with Crippen molar-refractivity contribution in [1.29, 1.82) is 0 Å². The quantitative estimate of drug-likeness (QED) is 0.697. The second kappa shape index (κ2) is 5.72. The molecule has 0 amide bonds. The highest BCUT2D eigenvalue weighted by atomic mass is 16.7. The zero-order chi connectivity index (χ0) is 9.64. The van der Waals surface area contributed by atoms with Gasteiger partial charge >= 0.3 is 0 Å². The molecule has 82 valence electrons. The van der Waals surface area contributed by atoms with Crippen LogP contribution >= 0.6 is 0 Å². The van der Waals surface area contributed by atoms with Crippen molar-refractivity contribution in [1.82, 2.24) is 5.48 Å². The van der Waals surface area contributed by atoms with Crippen LogP contribution in [0.1, 0.15) is 57.8 Å². The minimum atomic E-state index is 0.660. The van der Waals surface area contributed by atoms with Crippen LogP contribution < -0.4 is 5.48 Å². The molecule has 1 heterocycles. The molecule has 0 spiro atoms. The highest BCUT2D eigenvalue weighted by Gasteiger charge is 2.24. The van der Waals surface area contributed by atoms with Gasteiger partial charge in [-0.05, 0) is 25.2 Å². The first-order valence-corrected chi connectivity index (χ1v) is 6.34. The average molecular weight is 197 g/mol. The number of nitrogens with one attached hydrogen (secondary N) is 1. The van der Waals surface area contributed by atoms with Crippen LogP contribution in [0.25, 0.3) is 0 Å². The zero-order valence-electron chi connectivity index (χ0n) is 9.13. The maximum absolute atomic E-state index is 5.26. The highest BCUT2D eigenvalue weighted by molar-refractivity contribution is 4.77. The normalized spacial score (nSPS) is 32.1. The Morgan fingerprint density at radius 1 is 0.786 bits per heavy atom. The zero-order valence-corrected chi connectivity index (χ0v) is 9.13.